The molecule has 0 saturated carbocycles. The first-order valence-corrected chi connectivity index (χ1v) is 9.00. The zero-order chi connectivity index (χ0) is 15.6. The predicted molar refractivity (Wildman–Crippen MR) is 96.3 cm³/mol. The minimum atomic E-state index is 0.582. The lowest BCUT2D eigenvalue weighted by Gasteiger charge is -2.44. The molecule has 1 aromatic rings. The third-order valence-electron chi connectivity index (χ3n) is 4.59. The topological polar surface area (TPSA) is 15.3 Å². The lowest BCUT2D eigenvalue weighted by molar-refractivity contribution is 0.327. The molecule has 0 radical (unpaired) electrons. The number of nitrogens with one attached hydrogen (secondary N) is 1. The number of nitrogens with zero attached hydrogens (tertiary/aromatic N) is 1. The van der Waals surface area contributed by atoms with Crippen molar-refractivity contribution in [3.05, 3.63) is 27.7 Å². The smallest absolute Gasteiger partial charge is 0.0438 e. The lowest BCUT2D eigenvalue weighted by Crippen LogP contribution is -2.58. The molecular formula is C18H29BrN2. The van der Waals surface area contributed by atoms with Gasteiger partial charge in [-0.05, 0) is 49.4 Å². The van der Waals surface area contributed by atoms with E-state index in [2.05, 4.69) is 72.9 Å². The SMILES string of the molecule is CCCC1CN(c2cc(C)c(Br)c(C)c2)C(C(C)C)CN1. The number of halogens is 1. The highest BCUT2D eigenvalue weighted by molar-refractivity contribution is 9.10. The van der Waals surface area contributed by atoms with E-state index in [-0.39, 0.29) is 0 Å². The van der Waals surface area contributed by atoms with Gasteiger partial charge in [0, 0.05) is 35.3 Å². The molecule has 0 aromatic heterocycles. The molecule has 1 saturated heterocycles. The molecule has 0 amide bonds. The minimum Gasteiger partial charge on any atom is -0.365 e. The quantitative estimate of drug-likeness (QED) is 0.846. The molecule has 1 aliphatic heterocycles. The lowest BCUT2D eigenvalue weighted by atomic mass is 9.95. The van der Waals surface area contributed by atoms with Gasteiger partial charge in [0.2, 0.25) is 0 Å². The monoisotopic (exact) mass is 352 g/mol. The van der Waals surface area contributed by atoms with Crippen LogP contribution in [0.5, 0.6) is 0 Å². The van der Waals surface area contributed by atoms with Crippen molar-refractivity contribution >= 4 is 21.6 Å². The molecule has 1 aromatic carbocycles. The van der Waals surface area contributed by atoms with E-state index in [1.54, 1.807) is 0 Å². The van der Waals surface area contributed by atoms with Gasteiger partial charge < -0.3 is 10.2 Å². The van der Waals surface area contributed by atoms with E-state index in [1.165, 1.54) is 34.1 Å². The maximum Gasteiger partial charge on any atom is 0.0438 e. The molecule has 1 fully saturated rings. The van der Waals surface area contributed by atoms with E-state index < -0.39 is 0 Å². The highest BCUT2D eigenvalue weighted by Gasteiger charge is 2.29. The molecule has 3 heteroatoms. The van der Waals surface area contributed by atoms with Crippen LogP contribution in [-0.4, -0.2) is 25.2 Å². The first kappa shape index (κ1) is 16.8. The zero-order valence-electron chi connectivity index (χ0n) is 14.0. The molecule has 2 unspecified atom stereocenters. The maximum absolute atomic E-state index is 3.74. The zero-order valence-corrected chi connectivity index (χ0v) is 15.6. The Morgan fingerprint density at radius 1 is 1.29 bits per heavy atom. The average Bonchev–Trinajstić information content (AvgIpc) is 2.44. The molecule has 0 spiro atoms. The van der Waals surface area contributed by atoms with Gasteiger partial charge in [-0.25, -0.2) is 0 Å². The molecule has 2 rings (SSSR count). The van der Waals surface area contributed by atoms with E-state index in [0.717, 1.165) is 13.1 Å². The Kier molecular flexibility index (Phi) is 5.73. The van der Waals surface area contributed by atoms with Gasteiger partial charge in [0.1, 0.15) is 0 Å². The van der Waals surface area contributed by atoms with Crippen LogP contribution < -0.4 is 10.2 Å². The normalized spacial score (nSPS) is 22.9. The van der Waals surface area contributed by atoms with Gasteiger partial charge in [-0.2, -0.15) is 0 Å². The molecule has 1 aliphatic rings. The van der Waals surface area contributed by atoms with Crippen LogP contribution in [0.15, 0.2) is 16.6 Å². The Bertz CT molecular complexity index is 461. The summed E-state index contributed by atoms with van der Waals surface area (Å²) in [6.07, 6.45) is 2.51. The summed E-state index contributed by atoms with van der Waals surface area (Å²) in [5.41, 5.74) is 4.05. The highest BCUT2D eigenvalue weighted by atomic mass is 79.9. The second-order valence-corrected chi connectivity index (χ2v) is 7.54. The van der Waals surface area contributed by atoms with Gasteiger partial charge >= 0.3 is 0 Å². The molecule has 0 bridgehead atoms. The number of hydrogen-bond donors (Lipinski definition) is 1. The Hall–Kier alpha value is -0.540. The fourth-order valence-corrected chi connectivity index (χ4v) is 3.59. The second-order valence-electron chi connectivity index (χ2n) is 6.75. The summed E-state index contributed by atoms with van der Waals surface area (Å²) in [5, 5.41) is 3.74. The molecule has 2 atom stereocenters. The van der Waals surface area contributed by atoms with Crippen LogP contribution in [-0.2, 0) is 0 Å². The van der Waals surface area contributed by atoms with Crippen molar-refractivity contribution in [2.45, 2.75) is 59.5 Å². The van der Waals surface area contributed by atoms with E-state index in [4.69, 9.17) is 0 Å². The van der Waals surface area contributed by atoms with Crippen molar-refractivity contribution in [1.82, 2.24) is 5.32 Å². The van der Waals surface area contributed by atoms with Crippen LogP contribution in [0, 0.1) is 19.8 Å². The van der Waals surface area contributed by atoms with Crippen LogP contribution in [0.1, 0.15) is 44.7 Å². The molecular weight excluding hydrogens is 324 g/mol. The third-order valence-corrected chi connectivity index (χ3v) is 5.84. The fourth-order valence-electron chi connectivity index (χ4n) is 3.36. The van der Waals surface area contributed by atoms with Crippen LogP contribution in [0.2, 0.25) is 0 Å². The van der Waals surface area contributed by atoms with Gasteiger partial charge in [-0.15, -0.1) is 0 Å². The average molecular weight is 353 g/mol. The summed E-state index contributed by atoms with van der Waals surface area (Å²) in [4.78, 5) is 2.63. The minimum absolute atomic E-state index is 0.582. The van der Waals surface area contributed by atoms with Crippen molar-refractivity contribution < 1.29 is 0 Å². The highest BCUT2D eigenvalue weighted by Crippen LogP contribution is 2.31. The number of piperazine rings is 1. The molecule has 1 N–H and O–H groups in total. The van der Waals surface area contributed by atoms with E-state index in [9.17, 15) is 0 Å². The van der Waals surface area contributed by atoms with E-state index >= 15 is 0 Å². The number of aryl methyl sites for hydroxylation is 2. The van der Waals surface area contributed by atoms with Crippen molar-refractivity contribution in [2.24, 2.45) is 5.92 Å². The van der Waals surface area contributed by atoms with E-state index in [0.29, 0.717) is 18.0 Å². The van der Waals surface area contributed by atoms with Crippen LogP contribution >= 0.6 is 15.9 Å². The van der Waals surface area contributed by atoms with Crippen molar-refractivity contribution in [2.75, 3.05) is 18.0 Å². The standard InChI is InChI=1S/C18H29BrN2/c1-6-7-15-11-21(17(10-20-15)12(2)3)16-8-13(4)18(19)14(5)9-16/h8-9,12,15,17,20H,6-7,10-11H2,1-5H3. The third kappa shape index (κ3) is 3.81. The summed E-state index contributed by atoms with van der Waals surface area (Å²) in [5.74, 6) is 0.657. The summed E-state index contributed by atoms with van der Waals surface area (Å²) >= 11 is 3.69. The second kappa shape index (κ2) is 7.15. The van der Waals surface area contributed by atoms with Crippen molar-refractivity contribution in [1.29, 1.82) is 0 Å². The predicted octanol–water partition coefficient (Wildman–Crippen LogP) is 4.67. The summed E-state index contributed by atoms with van der Waals surface area (Å²) < 4.78 is 1.24. The number of hydrogen-bond acceptors (Lipinski definition) is 2. The Balaban J connectivity index is 2.31. The summed E-state index contributed by atoms with van der Waals surface area (Å²) in [6, 6.07) is 5.87. The van der Waals surface area contributed by atoms with Crippen molar-refractivity contribution in [3.8, 4) is 0 Å². The molecule has 2 nitrogen and oxygen atoms in total. The van der Waals surface area contributed by atoms with Gasteiger partial charge in [-0.3, -0.25) is 0 Å². The van der Waals surface area contributed by atoms with Crippen molar-refractivity contribution in [3.63, 3.8) is 0 Å². The number of rotatable bonds is 4. The van der Waals surface area contributed by atoms with E-state index in [1.807, 2.05) is 0 Å². The van der Waals surface area contributed by atoms with Gasteiger partial charge in [-0.1, -0.05) is 43.1 Å². The van der Waals surface area contributed by atoms with Gasteiger partial charge in [0.05, 0.1) is 0 Å². The molecule has 1 heterocycles. The summed E-state index contributed by atoms with van der Waals surface area (Å²) in [7, 11) is 0. The Labute approximate surface area is 138 Å². The fraction of sp³-hybridized carbons (Fsp3) is 0.667. The number of anilines is 1. The molecule has 118 valence electrons. The van der Waals surface area contributed by atoms with Crippen LogP contribution in [0.4, 0.5) is 5.69 Å². The molecule has 0 aliphatic carbocycles. The first-order chi connectivity index (χ1) is 9.93. The Morgan fingerprint density at radius 2 is 1.90 bits per heavy atom. The maximum atomic E-state index is 3.74. The van der Waals surface area contributed by atoms with Gasteiger partial charge in [0.25, 0.3) is 0 Å². The van der Waals surface area contributed by atoms with Crippen LogP contribution in [0.25, 0.3) is 0 Å². The Morgan fingerprint density at radius 3 is 2.43 bits per heavy atom. The van der Waals surface area contributed by atoms with Gasteiger partial charge in [0.15, 0.2) is 0 Å². The first-order valence-electron chi connectivity index (χ1n) is 8.20. The number of benzene rings is 1. The van der Waals surface area contributed by atoms with Crippen LogP contribution in [0.3, 0.4) is 0 Å². The molecule has 21 heavy (non-hydrogen) atoms. The largest absolute Gasteiger partial charge is 0.365 e. The summed E-state index contributed by atoms with van der Waals surface area (Å²) in [6.45, 7) is 13.5.